The van der Waals surface area contributed by atoms with Crippen molar-refractivity contribution in [1.82, 2.24) is 16.0 Å². The number of aliphatic hydroxyl groups excluding tert-OH is 1. The van der Waals surface area contributed by atoms with E-state index in [1.54, 1.807) is 6.07 Å². The number of hydrogen-bond acceptors (Lipinski definition) is 8. The molecule has 1 aliphatic heterocycles. The number of ether oxygens (including phenoxy) is 2. The Kier molecular flexibility index (Phi) is 25.2. The minimum atomic E-state index is -3.65. The maximum Gasteiger partial charge on any atom is 0.586 e. The molecule has 1 aromatic carbocycles. The van der Waals surface area contributed by atoms with Crippen LogP contribution in [0.1, 0.15) is 97.0 Å². The van der Waals surface area contributed by atoms with Gasteiger partial charge in [-0.2, -0.15) is 0 Å². The molecule has 0 aromatic heterocycles. The summed E-state index contributed by atoms with van der Waals surface area (Å²) in [4.78, 5) is 24.2. The first kappa shape index (κ1) is 47.8. The first-order valence-electron chi connectivity index (χ1n) is 19.6. The number of carbonyl (C=O) groups excluding carboxylic acids is 2. The number of nitrogens with one attached hydrogen (secondary N) is 3. The Bertz CT molecular complexity index is 1420. The Hall–Kier alpha value is -3.32. The summed E-state index contributed by atoms with van der Waals surface area (Å²) in [5.74, 6) is 0.941. The third-order valence-electron chi connectivity index (χ3n) is 8.14. The molecule has 1 fully saturated rings. The van der Waals surface area contributed by atoms with Crippen molar-refractivity contribution in [3.63, 3.8) is 0 Å². The number of hydrogen-bond donors (Lipinski definition) is 4. The molecule has 0 atom stereocenters. The van der Waals surface area contributed by atoms with Crippen LogP contribution in [0.4, 0.5) is 8.78 Å². The van der Waals surface area contributed by atoms with Gasteiger partial charge in [-0.1, -0.05) is 121 Å². The van der Waals surface area contributed by atoms with E-state index in [0.717, 1.165) is 57.2 Å². The molecule has 2 amide bonds. The first-order chi connectivity index (χ1) is 26.6. The average molecular weight is 804 g/mol. The minimum Gasteiger partial charge on any atom is -0.396 e. The highest BCUT2D eigenvalue weighted by Gasteiger charge is 2.52. The molecule has 8 nitrogen and oxygen atoms in total. The fourth-order valence-electron chi connectivity index (χ4n) is 5.14. The molecule has 306 valence electrons. The van der Waals surface area contributed by atoms with Gasteiger partial charge in [0.25, 0.3) is 0 Å². The standard InChI is InChI=1S/C27H43NOS2.C16H20F2N2O4/c1-4-5-6-7-8-9-10-11-12-13-14-15-16-17-18-19-20-21-22-23-27(29)28-24-25-30-31-26(2)3;17-16(18)23-12-3-2-11(10-13(12)24-16)15(4-5-15)14(22)20-8-7-19-6-1-9-21/h5-6,8-9,11-12,14-15,17-18,20-21,26H,4,7,10,13,16,19,22-25H2,1-3H3,(H,28,29);2-3,10,19,21H,1,4-9H2,(H,20,22)/b6-5-,9-8-,12-11-,15-14-,18-17-,21-20-;. The summed E-state index contributed by atoms with van der Waals surface area (Å²) in [5.41, 5.74) is -0.00486. The zero-order valence-corrected chi connectivity index (χ0v) is 34.5. The zero-order valence-electron chi connectivity index (χ0n) is 32.9. The van der Waals surface area contributed by atoms with Crippen molar-refractivity contribution < 1.29 is 33.0 Å². The maximum atomic E-state index is 13.1. The summed E-state index contributed by atoms with van der Waals surface area (Å²) in [6.45, 7) is 9.17. The Morgan fingerprint density at radius 1 is 0.800 bits per heavy atom. The maximum absolute atomic E-state index is 13.1. The van der Waals surface area contributed by atoms with Crippen molar-refractivity contribution in [2.24, 2.45) is 0 Å². The van der Waals surface area contributed by atoms with E-state index in [1.807, 2.05) is 21.6 Å². The molecule has 3 rings (SSSR count). The molecule has 0 unspecified atom stereocenters. The van der Waals surface area contributed by atoms with Crippen LogP contribution in [0, 0.1) is 0 Å². The monoisotopic (exact) mass is 803 g/mol. The van der Waals surface area contributed by atoms with Gasteiger partial charge in [0.2, 0.25) is 11.8 Å². The molecule has 1 saturated carbocycles. The van der Waals surface area contributed by atoms with Crippen LogP contribution in [-0.4, -0.2) is 67.0 Å². The predicted octanol–water partition coefficient (Wildman–Crippen LogP) is 9.50. The van der Waals surface area contributed by atoms with Crippen LogP contribution < -0.4 is 25.4 Å². The van der Waals surface area contributed by atoms with Gasteiger partial charge in [0.1, 0.15) is 0 Å². The van der Waals surface area contributed by atoms with Gasteiger partial charge in [-0.3, -0.25) is 9.59 Å². The minimum absolute atomic E-state index is 0.0203. The second-order valence-electron chi connectivity index (χ2n) is 13.3. The van der Waals surface area contributed by atoms with E-state index in [-0.39, 0.29) is 29.9 Å². The van der Waals surface area contributed by atoms with Gasteiger partial charge in [-0.05, 0) is 88.4 Å². The third-order valence-corrected chi connectivity index (χ3v) is 11.1. The van der Waals surface area contributed by atoms with Crippen molar-refractivity contribution in [3.05, 3.63) is 96.7 Å². The number of alkyl halides is 2. The number of halogens is 2. The molecular weight excluding hydrogens is 741 g/mol. The summed E-state index contributed by atoms with van der Waals surface area (Å²) in [6.07, 6.45) is 32.1. The number of rotatable bonds is 27. The lowest BCUT2D eigenvalue weighted by molar-refractivity contribution is -0.286. The van der Waals surface area contributed by atoms with Crippen LogP contribution in [0.2, 0.25) is 0 Å². The van der Waals surface area contributed by atoms with Crippen molar-refractivity contribution in [1.29, 1.82) is 0 Å². The molecule has 4 N–H and O–H groups in total. The van der Waals surface area contributed by atoms with E-state index in [4.69, 9.17) is 5.11 Å². The second kappa shape index (κ2) is 29.0. The lowest BCUT2D eigenvalue weighted by Gasteiger charge is -2.16. The fraction of sp³-hybridized carbons (Fsp3) is 0.535. The zero-order chi connectivity index (χ0) is 40.0. The molecule has 0 saturated heterocycles. The number of aliphatic hydroxyl groups is 1. The molecule has 1 aliphatic carbocycles. The van der Waals surface area contributed by atoms with E-state index in [1.165, 1.54) is 12.1 Å². The summed E-state index contributed by atoms with van der Waals surface area (Å²) in [7, 11) is 3.68. The van der Waals surface area contributed by atoms with Crippen LogP contribution in [0.15, 0.2) is 91.1 Å². The molecule has 12 heteroatoms. The molecule has 55 heavy (non-hydrogen) atoms. The highest BCUT2D eigenvalue weighted by atomic mass is 33.1. The summed E-state index contributed by atoms with van der Waals surface area (Å²) < 4.78 is 35.0. The molecule has 2 aliphatic rings. The van der Waals surface area contributed by atoms with Crippen LogP contribution in [-0.2, 0) is 15.0 Å². The quantitative estimate of drug-likeness (QED) is 0.0396. The van der Waals surface area contributed by atoms with E-state index < -0.39 is 11.7 Å². The van der Waals surface area contributed by atoms with Gasteiger partial charge in [0.15, 0.2) is 11.5 Å². The predicted molar refractivity (Wildman–Crippen MR) is 227 cm³/mol. The number of benzene rings is 1. The van der Waals surface area contributed by atoms with Gasteiger partial charge in [-0.25, -0.2) is 0 Å². The lowest BCUT2D eigenvalue weighted by atomic mass is 9.94. The first-order valence-corrected chi connectivity index (χ1v) is 22.0. The number of fused-ring (bicyclic) bond motifs is 1. The molecule has 0 bridgehead atoms. The number of allylic oxidation sites excluding steroid dienone is 12. The SMILES string of the molecule is CC/C=C\C/C=C\C/C=C\C/C=C\C/C=C\C/C=C\CCC(=O)NCCSSC(C)C.O=C(NCCNCCCO)C1(c2ccc3c(c2)OC(F)(F)O3)CC1. The molecule has 1 aromatic rings. The Balaban J connectivity index is 0.000000390. The molecular formula is C43H63F2N3O5S2. The Morgan fingerprint density at radius 3 is 1.95 bits per heavy atom. The van der Waals surface area contributed by atoms with Crippen LogP contribution >= 0.6 is 21.6 Å². The summed E-state index contributed by atoms with van der Waals surface area (Å²) >= 11 is 0. The molecule has 0 spiro atoms. The molecule has 0 radical (unpaired) electrons. The van der Waals surface area contributed by atoms with Crippen molar-refractivity contribution in [3.8, 4) is 11.5 Å². The normalized spacial score (nSPS) is 15.6. The fourth-order valence-corrected chi connectivity index (χ4v) is 7.05. The van der Waals surface area contributed by atoms with Crippen LogP contribution in [0.25, 0.3) is 0 Å². The number of carbonyl (C=O) groups is 2. The topological polar surface area (TPSA) is 109 Å². The van der Waals surface area contributed by atoms with E-state index in [0.29, 0.717) is 56.1 Å². The van der Waals surface area contributed by atoms with Crippen LogP contribution in [0.3, 0.4) is 0 Å². The summed E-state index contributed by atoms with van der Waals surface area (Å²) in [6, 6.07) is 4.51. The van der Waals surface area contributed by atoms with Gasteiger partial charge in [0, 0.05) is 43.7 Å². The van der Waals surface area contributed by atoms with E-state index in [2.05, 4.69) is 119 Å². The van der Waals surface area contributed by atoms with Crippen molar-refractivity contribution in [2.75, 3.05) is 38.5 Å². The van der Waals surface area contributed by atoms with Crippen molar-refractivity contribution >= 4 is 33.4 Å². The van der Waals surface area contributed by atoms with E-state index in [9.17, 15) is 18.4 Å². The van der Waals surface area contributed by atoms with Crippen LogP contribution in [0.5, 0.6) is 11.5 Å². The van der Waals surface area contributed by atoms with Gasteiger partial charge < -0.3 is 30.5 Å². The highest BCUT2D eigenvalue weighted by molar-refractivity contribution is 8.76. The average Bonchev–Trinajstić information content (AvgIpc) is 3.90. The lowest BCUT2D eigenvalue weighted by Crippen LogP contribution is -2.38. The van der Waals surface area contributed by atoms with Gasteiger partial charge in [0.05, 0.1) is 5.41 Å². The largest absolute Gasteiger partial charge is 0.586 e. The Labute approximate surface area is 336 Å². The Morgan fingerprint density at radius 2 is 1.38 bits per heavy atom. The van der Waals surface area contributed by atoms with Crippen molar-refractivity contribution in [2.45, 2.75) is 108 Å². The van der Waals surface area contributed by atoms with Gasteiger partial charge >= 0.3 is 6.29 Å². The highest BCUT2D eigenvalue weighted by Crippen LogP contribution is 2.51. The smallest absolute Gasteiger partial charge is 0.396 e. The summed E-state index contributed by atoms with van der Waals surface area (Å²) in [5, 5.41) is 18.2. The third kappa shape index (κ3) is 22.1. The second-order valence-corrected chi connectivity index (χ2v) is 16.3. The number of amides is 2. The van der Waals surface area contributed by atoms with E-state index >= 15 is 0 Å². The van der Waals surface area contributed by atoms with Gasteiger partial charge in [-0.15, -0.1) is 8.78 Å². The molecule has 1 heterocycles.